The summed E-state index contributed by atoms with van der Waals surface area (Å²) >= 11 is 9.54. The molecular formula is C16H18BrClN2O. The topological polar surface area (TPSA) is 34.0 Å². The van der Waals surface area contributed by atoms with Gasteiger partial charge >= 0.3 is 0 Å². The minimum atomic E-state index is -0.142. The molecule has 5 heteroatoms. The Bertz CT molecular complexity index is 656. The van der Waals surface area contributed by atoms with E-state index in [4.69, 9.17) is 11.6 Å². The summed E-state index contributed by atoms with van der Waals surface area (Å²) < 4.78 is 2.95. The third-order valence-corrected chi connectivity index (χ3v) is 4.71. The second kappa shape index (κ2) is 6.67. The highest BCUT2D eigenvalue weighted by atomic mass is 79.9. The summed E-state index contributed by atoms with van der Waals surface area (Å²) in [5, 5.41) is 3.52. The monoisotopic (exact) mass is 368 g/mol. The zero-order valence-electron chi connectivity index (χ0n) is 12.3. The minimum absolute atomic E-state index is 0.142. The van der Waals surface area contributed by atoms with E-state index >= 15 is 0 Å². The Kier molecular flexibility index (Phi) is 5.12. The van der Waals surface area contributed by atoms with E-state index in [1.807, 2.05) is 30.5 Å². The van der Waals surface area contributed by atoms with Crippen molar-refractivity contribution in [2.45, 2.75) is 33.7 Å². The number of aryl methyl sites for hydroxylation is 3. The maximum Gasteiger partial charge on any atom is 0.272 e. The normalized spacial score (nSPS) is 10.7. The lowest BCUT2D eigenvalue weighted by Crippen LogP contribution is -2.17. The molecule has 1 aromatic carbocycles. The van der Waals surface area contributed by atoms with Crippen LogP contribution in [0.25, 0.3) is 0 Å². The van der Waals surface area contributed by atoms with Crippen LogP contribution in [0.3, 0.4) is 0 Å². The van der Waals surface area contributed by atoms with Crippen LogP contribution >= 0.6 is 27.5 Å². The van der Waals surface area contributed by atoms with Gasteiger partial charge in [-0.15, -0.1) is 0 Å². The first kappa shape index (κ1) is 16.1. The Labute approximate surface area is 138 Å². The Balaban J connectivity index is 2.26. The molecule has 21 heavy (non-hydrogen) atoms. The number of nitrogens with zero attached hydrogens (tertiary/aromatic N) is 1. The molecule has 0 fully saturated rings. The minimum Gasteiger partial charge on any atom is -0.342 e. The number of benzene rings is 1. The SMILES string of the molecule is CCCn1cc(Cl)cc1C(=O)Nc1cc(C)c(Br)c(C)c1. The van der Waals surface area contributed by atoms with E-state index in [2.05, 4.69) is 28.2 Å². The summed E-state index contributed by atoms with van der Waals surface area (Å²) in [4.78, 5) is 12.4. The van der Waals surface area contributed by atoms with Crippen LogP contribution in [0.15, 0.2) is 28.9 Å². The van der Waals surface area contributed by atoms with Crippen molar-refractivity contribution in [2.75, 3.05) is 5.32 Å². The van der Waals surface area contributed by atoms with Gasteiger partial charge in [-0.05, 0) is 49.6 Å². The number of anilines is 1. The number of hydrogen-bond donors (Lipinski definition) is 1. The molecule has 0 radical (unpaired) electrons. The van der Waals surface area contributed by atoms with Crippen LogP contribution in [-0.2, 0) is 6.54 Å². The first-order valence-corrected chi connectivity index (χ1v) is 8.03. The number of rotatable bonds is 4. The second-order valence-corrected chi connectivity index (χ2v) is 6.34. The number of nitrogens with one attached hydrogen (secondary N) is 1. The molecule has 2 aromatic rings. The van der Waals surface area contributed by atoms with Crippen LogP contribution in [0.4, 0.5) is 5.69 Å². The van der Waals surface area contributed by atoms with Gasteiger partial charge in [0.25, 0.3) is 5.91 Å². The third-order valence-electron chi connectivity index (χ3n) is 3.25. The third kappa shape index (κ3) is 3.69. The molecule has 0 aliphatic rings. The van der Waals surface area contributed by atoms with E-state index in [1.54, 1.807) is 12.3 Å². The standard InChI is InChI=1S/C16H18BrClN2O/c1-4-5-20-9-12(18)8-14(20)16(21)19-13-6-10(2)15(17)11(3)7-13/h6-9H,4-5H2,1-3H3,(H,19,21). The Morgan fingerprint density at radius 2 is 1.90 bits per heavy atom. The predicted molar refractivity (Wildman–Crippen MR) is 91.3 cm³/mol. The molecule has 0 saturated carbocycles. The van der Waals surface area contributed by atoms with Gasteiger partial charge in [-0.3, -0.25) is 4.79 Å². The lowest BCUT2D eigenvalue weighted by Gasteiger charge is -2.11. The number of hydrogen-bond acceptors (Lipinski definition) is 1. The predicted octanol–water partition coefficient (Wildman–Crippen LogP) is 5.18. The summed E-state index contributed by atoms with van der Waals surface area (Å²) in [6.45, 7) is 6.84. The fourth-order valence-electron chi connectivity index (χ4n) is 2.30. The number of carbonyl (C=O) groups excluding carboxylic acids is 1. The van der Waals surface area contributed by atoms with E-state index in [-0.39, 0.29) is 5.91 Å². The van der Waals surface area contributed by atoms with Crippen LogP contribution < -0.4 is 5.32 Å². The smallest absolute Gasteiger partial charge is 0.272 e. The Hall–Kier alpha value is -1.26. The highest BCUT2D eigenvalue weighted by Gasteiger charge is 2.14. The van der Waals surface area contributed by atoms with Gasteiger partial charge in [-0.25, -0.2) is 0 Å². The molecule has 0 atom stereocenters. The summed E-state index contributed by atoms with van der Waals surface area (Å²) in [7, 11) is 0. The molecule has 1 heterocycles. The van der Waals surface area contributed by atoms with Crippen molar-refractivity contribution in [3.8, 4) is 0 Å². The van der Waals surface area contributed by atoms with Crippen molar-refractivity contribution in [2.24, 2.45) is 0 Å². The molecule has 1 amide bonds. The number of halogens is 2. The van der Waals surface area contributed by atoms with Gasteiger partial charge in [0.05, 0.1) is 5.02 Å². The molecule has 2 rings (SSSR count). The first-order valence-electron chi connectivity index (χ1n) is 6.86. The van der Waals surface area contributed by atoms with Gasteiger partial charge in [0, 0.05) is 22.9 Å². The average molecular weight is 370 g/mol. The van der Waals surface area contributed by atoms with Gasteiger partial charge in [-0.1, -0.05) is 34.5 Å². The molecule has 0 spiro atoms. The average Bonchev–Trinajstić information content (AvgIpc) is 2.77. The zero-order chi connectivity index (χ0) is 15.6. The molecule has 0 bridgehead atoms. The van der Waals surface area contributed by atoms with E-state index in [9.17, 15) is 4.79 Å². The molecule has 112 valence electrons. The van der Waals surface area contributed by atoms with Gasteiger partial charge in [-0.2, -0.15) is 0 Å². The highest BCUT2D eigenvalue weighted by Crippen LogP contribution is 2.25. The van der Waals surface area contributed by atoms with E-state index < -0.39 is 0 Å². The fourth-order valence-corrected chi connectivity index (χ4v) is 2.75. The lowest BCUT2D eigenvalue weighted by molar-refractivity contribution is 0.101. The molecule has 0 saturated heterocycles. The Morgan fingerprint density at radius 1 is 1.29 bits per heavy atom. The van der Waals surface area contributed by atoms with Gasteiger partial charge in [0.2, 0.25) is 0 Å². The van der Waals surface area contributed by atoms with Crippen LogP contribution in [0.1, 0.15) is 35.0 Å². The molecule has 3 nitrogen and oxygen atoms in total. The number of carbonyl (C=O) groups is 1. The van der Waals surface area contributed by atoms with Crippen molar-refractivity contribution in [3.63, 3.8) is 0 Å². The van der Waals surface area contributed by atoms with Gasteiger partial charge in [0.15, 0.2) is 0 Å². The maximum absolute atomic E-state index is 12.4. The summed E-state index contributed by atoms with van der Waals surface area (Å²) in [6, 6.07) is 5.60. The highest BCUT2D eigenvalue weighted by molar-refractivity contribution is 9.10. The molecular weight excluding hydrogens is 352 g/mol. The van der Waals surface area contributed by atoms with Crippen molar-refractivity contribution < 1.29 is 4.79 Å². The summed E-state index contributed by atoms with van der Waals surface area (Å²) in [5.41, 5.74) is 3.55. The van der Waals surface area contributed by atoms with Crippen molar-refractivity contribution in [1.82, 2.24) is 4.57 Å². The quantitative estimate of drug-likeness (QED) is 0.791. The number of aromatic nitrogens is 1. The van der Waals surface area contributed by atoms with E-state index in [1.165, 1.54) is 0 Å². The number of amides is 1. The summed E-state index contributed by atoms with van der Waals surface area (Å²) in [5.74, 6) is -0.142. The van der Waals surface area contributed by atoms with Crippen LogP contribution in [0, 0.1) is 13.8 Å². The van der Waals surface area contributed by atoms with Gasteiger partial charge < -0.3 is 9.88 Å². The second-order valence-electron chi connectivity index (χ2n) is 5.12. The molecule has 1 N–H and O–H groups in total. The molecule has 1 aromatic heterocycles. The van der Waals surface area contributed by atoms with Crippen molar-refractivity contribution >= 4 is 39.1 Å². The lowest BCUT2D eigenvalue weighted by atomic mass is 10.1. The molecule has 0 aliphatic heterocycles. The van der Waals surface area contributed by atoms with Gasteiger partial charge in [0.1, 0.15) is 5.69 Å². The largest absolute Gasteiger partial charge is 0.342 e. The fraction of sp³-hybridized carbons (Fsp3) is 0.312. The Morgan fingerprint density at radius 3 is 2.48 bits per heavy atom. The zero-order valence-corrected chi connectivity index (χ0v) is 14.7. The van der Waals surface area contributed by atoms with E-state index in [0.717, 1.165) is 34.3 Å². The van der Waals surface area contributed by atoms with Crippen molar-refractivity contribution in [1.29, 1.82) is 0 Å². The maximum atomic E-state index is 12.4. The van der Waals surface area contributed by atoms with Crippen molar-refractivity contribution in [3.05, 3.63) is 50.7 Å². The van der Waals surface area contributed by atoms with Crippen LogP contribution in [0.2, 0.25) is 5.02 Å². The van der Waals surface area contributed by atoms with Crippen LogP contribution in [0.5, 0.6) is 0 Å². The van der Waals surface area contributed by atoms with Crippen LogP contribution in [-0.4, -0.2) is 10.5 Å². The first-order chi connectivity index (χ1) is 9.92. The summed E-state index contributed by atoms with van der Waals surface area (Å²) in [6.07, 6.45) is 2.74. The molecule has 0 unspecified atom stereocenters. The van der Waals surface area contributed by atoms with E-state index in [0.29, 0.717) is 10.7 Å². The molecule has 0 aliphatic carbocycles.